The second kappa shape index (κ2) is 11.0. The number of hydrogen-bond donors (Lipinski definition) is 0. The molecule has 0 bridgehead atoms. The molecule has 3 heterocycles. The minimum Gasteiger partial charge on any atom is -0.454 e. The number of nitrogens with zero attached hydrogens (tertiary/aromatic N) is 3. The first kappa shape index (κ1) is 27.5. The highest BCUT2D eigenvalue weighted by molar-refractivity contribution is 6.21. The van der Waals surface area contributed by atoms with Crippen LogP contribution in [-0.2, 0) is 0 Å². The van der Waals surface area contributed by atoms with Gasteiger partial charge in [0.25, 0.3) is 0 Å². The van der Waals surface area contributed by atoms with Crippen molar-refractivity contribution in [3.05, 3.63) is 176 Å². The normalized spacial score (nSPS) is 11.7. The van der Waals surface area contributed by atoms with Gasteiger partial charge >= 0.3 is 0 Å². The van der Waals surface area contributed by atoms with E-state index in [4.69, 9.17) is 4.42 Å². The number of aromatic nitrogens is 2. The van der Waals surface area contributed by atoms with Gasteiger partial charge in [-0.15, -0.1) is 0 Å². The predicted molar refractivity (Wildman–Crippen MR) is 203 cm³/mol. The summed E-state index contributed by atoms with van der Waals surface area (Å²) in [6.07, 6.45) is 1.87. The van der Waals surface area contributed by atoms with Crippen LogP contribution in [0.2, 0.25) is 0 Å². The van der Waals surface area contributed by atoms with Gasteiger partial charge in [-0.1, -0.05) is 97.1 Å². The van der Waals surface area contributed by atoms with Crippen LogP contribution in [0.3, 0.4) is 0 Å². The summed E-state index contributed by atoms with van der Waals surface area (Å²) in [6.45, 7) is 0. The van der Waals surface area contributed by atoms with Gasteiger partial charge in [0.05, 0.1) is 11.0 Å². The molecule has 0 N–H and O–H groups in total. The zero-order chi connectivity index (χ0) is 32.3. The second-order valence-electron chi connectivity index (χ2n) is 12.4. The SMILES string of the molecule is c1ccc(N(c2ccc(-c3ccnc4c3oc3ccccc34)cc2)c2cccc(-n3c4ccccc4c4c5ccccc5ccc43)c2)cc1. The molecule has 0 atom stereocenters. The van der Waals surface area contributed by atoms with Gasteiger partial charge in [0.1, 0.15) is 11.1 Å². The molecule has 0 saturated carbocycles. The number of hydrogen-bond acceptors (Lipinski definition) is 3. The molecule has 10 aromatic rings. The van der Waals surface area contributed by atoms with Crippen LogP contribution in [0.5, 0.6) is 0 Å². The molecule has 0 aliphatic heterocycles. The van der Waals surface area contributed by atoms with Crippen molar-refractivity contribution >= 4 is 71.7 Å². The molecule has 0 aliphatic rings. The van der Waals surface area contributed by atoms with Crippen LogP contribution in [-0.4, -0.2) is 9.55 Å². The lowest BCUT2D eigenvalue weighted by Crippen LogP contribution is -2.10. The van der Waals surface area contributed by atoms with E-state index in [9.17, 15) is 0 Å². The van der Waals surface area contributed by atoms with E-state index >= 15 is 0 Å². The van der Waals surface area contributed by atoms with Crippen LogP contribution in [0, 0.1) is 0 Å². The minimum atomic E-state index is 0.808. The van der Waals surface area contributed by atoms with Crippen molar-refractivity contribution in [1.29, 1.82) is 0 Å². The molecule has 0 unspecified atom stereocenters. The maximum Gasteiger partial charge on any atom is 0.161 e. The molecule has 0 amide bonds. The Labute approximate surface area is 282 Å². The lowest BCUT2D eigenvalue weighted by molar-refractivity contribution is 0.669. The first-order valence-electron chi connectivity index (χ1n) is 16.5. The Morgan fingerprint density at radius 1 is 0.510 bits per heavy atom. The molecule has 0 radical (unpaired) electrons. The molecule has 0 fully saturated rings. The van der Waals surface area contributed by atoms with E-state index in [1.165, 1.54) is 32.6 Å². The van der Waals surface area contributed by atoms with E-state index in [1.807, 2.05) is 30.5 Å². The Morgan fingerprint density at radius 3 is 2.10 bits per heavy atom. The van der Waals surface area contributed by atoms with E-state index in [2.05, 4.69) is 160 Å². The van der Waals surface area contributed by atoms with Gasteiger partial charge in [-0.3, -0.25) is 4.98 Å². The van der Waals surface area contributed by atoms with Crippen molar-refractivity contribution in [2.45, 2.75) is 0 Å². The van der Waals surface area contributed by atoms with Crippen molar-refractivity contribution in [3.8, 4) is 16.8 Å². The number of fused-ring (bicyclic) bond motifs is 8. The highest BCUT2D eigenvalue weighted by Gasteiger charge is 2.18. The third-order valence-corrected chi connectivity index (χ3v) is 9.62. The summed E-state index contributed by atoms with van der Waals surface area (Å²) in [5.41, 5.74) is 11.4. The minimum absolute atomic E-state index is 0.808. The van der Waals surface area contributed by atoms with E-state index in [0.29, 0.717) is 0 Å². The van der Waals surface area contributed by atoms with E-state index in [0.717, 1.165) is 55.9 Å². The molecular weight excluding hydrogens is 599 g/mol. The maximum atomic E-state index is 6.31. The zero-order valence-electron chi connectivity index (χ0n) is 26.5. The van der Waals surface area contributed by atoms with Crippen LogP contribution in [0.25, 0.3) is 71.5 Å². The average molecular weight is 628 g/mol. The third-order valence-electron chi connectivity index (χ3n) is 9.62. The molecule has 0 spiro atoms. The summed E-state index contributed by atoms with van der Waals surface area (Å²) < 4.78 is 8.71. The maximum absolute atomic E-state index is 6.31. The summed E-state index contributed by atoms with van der Waals surface area (Å²) in [4.78, 5) is 6.98. The molecule has 10 rings (SSSR count). The molecule has 230 valence electrons. The Morgan fingerprint density at radius 2 is 1.22 bits per heavy atom. The Bertz CT molecular complexity index is 2830. The molecule has 3 aromatic heterocycles. The molecular formula is C45H29N3O. The number of anilines is 3. The number of rotatable bonds is 5. The van der Waals surface area contributed by atoms with Gasteiger partial charge < -0.3 is 13.9 Å². The Balaban J connectivity index is 1.12. The quantitative estimate of drug-likeness (QED) is 0.190. The number of benzene rings is 7. The van der Waals surface area contributed by atoms with E-state index in [-0.39, 0.29) is 0 Å². The summed E-state index contributed by atoms with van der Waals surface area (Å²) >= 11 is 0. The fourth-order valence-electron chi connectivity index (χ4n) is 7.43. The lowest BCUT2D eigenvalue weighted by Gasteiger charge is -2.26. The summed E-state index contributed by atoms with van der Waals surface area (Å²) in [5.74, 6) is 0. The van der Waals surface area contributed by atoms with Crippen LogP contribution in [0.15, 0.2) is 180 Å². The van der Waals surface area contributed by atoms with Crippen molar-refractivity contribution < 1.29 is 4.42 Å². The summed E-state index contributed by atoms with van der Waals surface area (Å²) in [5, 5.41) is 6.08. The molecule has 49 heavy (non-hydrogen) atoms. The Hall–Kier alpha value is -6.65. The molecule has 7 aromatic carbocycles. The fourth-order valence-corrected chi connectivity index (χ4v) is 7.43. The highest BCUT2D eigenvalue weighted by atomic mass is 16.3. The summed E-state index contributed by atoms with van der Waals surface area (Å²) in [6, 6.07) is 60.2. The molecule has 4 nitrogen and oxygen atoms in total. The monoisotopic (exact) mass is 627 g/mol. The van der Waals surface area contributed by atoms with Gasteiger partial charge in [-0.05, 0) is 89.1 Å². The smallest absolute Gasteiger partial charge is 0.161 e. The number of para-hydroxylation sites is 3. The zero-order valence-corrected chi connectivity index (χ0v) is 26.5. The van der Waals surface area contributed by atoms with Crippen molar-refractivity contribution in [3.63, 3.8) is 0 Å². The number of furan rings is 1. The summed E-state index contributed by atoms with van der Waals surface area (Å²) in [7, 11) is 0. The van der Waals surface area contributed by atoms with Gasteiger partial charge in [0.15, 0.2) is 5.58 Å². The highest BCUT2D eigenvalue weighted by Crippen LogP contribution is 2.41. The van der Waals surface area contributed by atoms with Crippen molar-refractivity contribution in [2.24, 2.45) is 0 Å². The van der Waals surface area contributed by atoms with Crippen LogP contribution in [0.4, 0.5) is 17.1 Å². The van der Waals surface area contributed by atoms with Crippen LogP contribution in [0.1, 0.15) is 0 Å². The van der Waals surface area contributed by atoms with Crippen LogP contribution < -0.4 is 4.90 Å². The molecule has 0 saturated heterocycles. The second-order valence-corrected chi connectivity index (χ2v) is 12.4. The predicted octanol–water partition coefficient (Wildman–Crippen LogP) is 12.4. The first-order valence-corrected chi connectivity index (χ1v) is 16.5. The number of pyridine rings is 1. The fraction of sp³-hybridized carbons (Fsp3) is 0. The third kappa shape index (κ3) is 4.35. The lowest BCUT2D eigenvalue weighted by atomic mass is 10.0. The van der Waals surface area contributed by atoms with Crippen molar-refractivity contribution in [1.82, 2.24) is 9.55 Å². The van der Waals surface area contributed by atoms with Gasteiger partial charge in [-0.25, -0.2) is 0 Å². The topological polar surface area (TPSA) is 34.2 Å². The van der Waals surface area contributed by atoms with E-state index in [1.54, 1.807) is 0 Å². The van der Waals surface area contributed by atoms with Crippen LogP contribution >= 0.6 is 0 Å². The average Bonchev–Trinajstić information content (AvgIpc) is 3.72. The first-order chi connectivity index (χ1) is 24.3. The standard InChI is InChI=1S/C45H29N3O/c1-2-12-32(13-3-1)47(33-24-21-31(22-25-33)37-27-28-46-44-39-18-7-9-20-42(39)49-45(37)44)34-14-10-15-35(29-34)48-40-19-8-6-17-38(40)43-36-16-5-4-11-30(36)23-26-41(43)48/h1-29H. The molecule has 4 heteroatoms. The van der Waals surface area contributed by atoms with Gasteiger partial charge in [0.2, 0.25) is 0 Å². The van der Waals surface area contributed by atoms with Crippen molar-refractivity contribution in [2.75, 3.05) is 4.90 Å². The van der Waals surface area contributed by atoms with Gasteiger partial charge in [-0.2, -0.15) is 0 Å². The van der Waals surface area contributed by atoms with E-state index < -0.39 is 0 Å². The Kier molecular flexibility index (Phi) is 6.15. The molecule has 0 aliphatic carbocycles. The largest absolute Gasteiger partial charge is 0.454 e. The van der Waals surface area contributed by atoms with Gasteiger partial charge in [0, 0.05) is 50.7 Å².